The number of hydrogen-bond donors (Lipinski definition) is 7. The smallest absolute Gasteiger partial charge is 0.306 e. The number of esters is 2. The predicted octanol–water partition coefficient (Wildman–Crippen LogP) is 4.00. The maximum atomic E-state index is 13.1. The maximum Gasteiger partial charge on any atom is 0.306 e. The van der Waals surface area contributed by atoms with E-state index in [0.717, 1.165) is 89.9 Å². The first-order chi connectivity index (χ1) is 32.8. The van der Waals surface area contributed by atoms with Crippen molar-refractivity contribution in [3.8, 4) is 0 Å². The standard InChI is InChI=1S/C51H80O17/c1-3-5-13-21-36-33(25-27-38(36)53)19-15-9-7-11-17-23-42(55)63-30-35(66-43(56)24-18-12-8-10-16-20-34-26-28-39(54)37(34)22-14-6-4-2)31-64-50-49(62)47(60)45(58)41(68-50)32-65-51-48(61)46(59)44(57)40(29-52)67-51/h5-6,13-14,25-28,33-37,40-41,44-52,57-62H,3-4,7-12,15-24,29-32H2,1-2H3/b13-5-,14-6-/t33-,34-,35+,36-,37-,40+,41+,44-,45-,46-,47-,48+,49+,50+,51-/m0/s1. The van der Waals surface area contributed by atoms with E-state index in [1.54, 1.807) is 12.2 Å². The van der Waals surface area contributed by atoms with Crippen LogP contribution in [0.25, 0.3) is 0 Å². The van der Waals surface area contributed by atoms with Gasteiger partial charge in [0.2, 0.25) is 0 Å². The van der Waals surface area contributed by atoms with Gasteiger partial charge in [0.05, 0.1) is 19.8 Å². The van der Waals surface area contributed by atoms with Gasteiger partial charge < -0.3 is 64.2 Å². The zero-order valence-corrected chi connectivity index (χ0v) is 40.0. The Morgan fingerprint density at radius 2 is 1.06 bits per heavy atom. The van der Waals surface area contributed by atoms with Crippen molar-refractivity contribution in [1.82, 2.24) is 0 Å². The number of hydrogen-bond acceptors (Lipinski definition) is 17. The minimum absolute atomic E-state index is 0.00956. The Labute approximate surface area is 401 Å². The molecule has 2 heterocycles. The molecule has 0 unspecified atom stereocenters. The molecule has 4 aliphatic rings. The number of rotatable bonds is 32. The van der Waals surface area contributed by atoms with Crippen LogP contribution in [-0.2, 0) is 47.6 Å². The highest BCUT2D eigenvalue weighted by Crippen LogP contribution is 2.32. The van der Waals surface area contributed by atoms with Crippen LogP contribution >= 0.6 is 0 Å². The Morgan fingerprint density at radius 1 is 0.588 bits per heavy atom. The van der Waals surface area contributed by atoms with E-state index in [2.05, 4.69) is 38.2 Å². The summed E-state index contributed by atoms with van der Waals surface area (Å²) in [6.45, 7) is 2.08. The third-order valence-corrected chi connectivity index (χ3v) is 13.3. The lowest BCUT2D eigenvalue weighted by molar-refractivity contribution is -0.332. The van der Waals surface area contributed by atoms with E-state index in [9.17, 15) is 54.9 Å². The van der Waals surface area contributed by atoms with Gasteiger partial charge in [0.25, 0.3) is 0 Å². The van der Waals surface area contributed by atoms with E-state index in [0.29, 0.717) is 12.8 Å². The maximum absolute atomic E-state index is 13.1. The molecular weight excluding hydrogens is 885 g/mol. The monoisotopic (exact) mass is 965 g/mol. The van der Waals surface area contributed by atoms with Crippen LogP contribution in [0.4, 0.5) is 0 Å². The average Bonchev–Trinajstić information content (AvgIpc) is 3.87. The van der Waals surface area contributed by atoms with Crippen molar-refractivity contribution in [2.75, 3.05) is 26.4 Å². The zero-order valence-electron chi connectivity index (χ0n) is 40.0. The summed E-state index contributed by atoms with van der Waals surface area (Å²) in [6, 6.07) is 0. The largest absolute Gasteiger partial charge is 0.462 e. The van der Waals surface area contributed by atoms with E-state index in [4.69, 9.17) is 28.4 Å². The third kappa shape index (κ3) is 18.5. The predicted molar refractivity (Wildman–Crippen MR) is 248 cm³/mol. The van der Waals surface area contributed by atoms with Gasteiger partial charge in [0.15, 0.2) is 30.3 Å². The zero-order chi connectivity index (χ0) is 49.4. The molecule has 0 aromatic rings. The molecule has 0 saturated carbocycles. The minimum Gasteiger partial charge on any atom is -0.462 e. The first-order valence-electron chi connectivity index (χ1n) is 25.1. The Hall–Kier alpha value is -3.20. The van der Waals surface area contributed by atoms with Crippen LogP contribution in [0.15, 0.2) is 48.6 Å². The first-order valence-corrected chi connectivity index (χ1v) is 25.1. The van der Waals surface area contributed by atoms with Crippen molar-refractivity contribution >= 4 is 23.5 Å². The van der Waals surface area contributed by atoms with Crippen LogP contribution in [0.2, 0.25) is 0 Å². The Balaban J connectivity index is 1.23. The lowest BCUT2D eigenvalue weighted by Crippen LogP contribution is -2.61. The summed E-state index contributed by atoms with van der Waals surface area (Å²) in [5.74, 6) is -0.138. The third-order valence-electron chi connectivity index (χ3n) is 13.3. The Morgan fingerprint density at radius 3 is 1.59 bits per heavy atom. The molecule has 386 valence electrons. The van der Waals surface area contributed by atoms with E-state index < -0.39 is 99.3 Å². The van der Waals surface area contributed by atoms with Crippen LogP contribution in [0.3, 0.4) is 0 Å². The van der Waals surface area contributed by atoms with Crippen molar-refractivity contribution < 1.29 is 83.3 Å². The summed E-state index contributed by atoms with van der Waals surface area (Å²) in [4.78, 5) is 50.6. The summed E-state index contributed by atoms with van der Waals surface area (Å²) < 4.78 is 33.5. The number of aliphatic hydroxyl groups is 7. The molecule has 17 nitrogen and oxygen atoms in total. The molecule has 15 atom stereocenters. The van der Waals surface area contributed by atoms with Gasteiger partial charge in [-0.05, 0) is 75.4 Å². The summed E-state index contributed by atoms with van der Waals surface area (Å²) in [5, 5.41) is 72.2. The number of unbranched alkanes of at least 4 members (excludes halogenated alkanes) is 8. The topological polar surface area (TPSA) is 265 Å². The van der Waals surface area contributed by atoms with Crippen molar-refractivity contribution in [2.24, 2.45) is 23.7 Å². The highest BCUT2D eigenvalue weighted by atomic mass is 16.7. The van der Waals surface area contributed by atoms with E-state index in [1.807, 2.05) is 12.2 Å². The first kappa shape index (κ1) is 57.4. The average molecular weight is 965 g/mol. The summed E-state index contributed by atoms with van der Waals surface area (Å²) in [7, 11) is 0. The van der Waals surface area contributed by atoms with Crippen LogP contribution in [0, 0.1) is 23.7 Å². The lowest BCUT2D eigenvalue weighted by atomic mass is 9.87. The molecule has 0 aromatic carbocycles. The van der Waals surface area contributed by atoms with Gasteiger partial charge in [-0.3, -0.25) is 19.2 Å². The van der Waals surface area contributed by atoms with Crippen LogP contribution in [0.5, 0.6) is 0 Å². The molecule has 68 heavy (non-hydrogen) atoms. The van der Waals surface area contributed by atoms with Crippen molar-refractivity contribution in [2.45, 2.75) is 197 Å². The van der Waals surface area contributed by atoms with Crippen LogP contribution in [-0.4, -0.2) is 153 Å². The second-order valence-electron chi connectivity index (χ2n) is 18.6. The van der Waals surface area contributed by atoms with Crippen LogP contribution in [0.1, 0.15) is 129 Å². The highest BCUT2D eigenvalue weighted by molar-refractivity contribution is 5.95. The fourth-order valence-electron chi connectivity index (χ4n) is 9.14. The van der Waals surface area contributed by atoms with E-state index >= 15 is 0 Å². The van der Waals surface area contributed by atoms with Gasteiger partial charge in [-0.25, -0.2) is 0 Å². The lowest BCUT2D eigenvalue weighted by Gasteiger charge is -2.42. The molecule has 17 heteroatoms. The molecule has 2 aliphatic heterocycles. The quantitative estimate of drug-likeness (QED) is 0.0285. The SMILES string of the molecule is CC/C=C\C[C@@H]1C(=O)C=C[C@@H]1CCCCCCCC(=O)OC[C@H](CO[C@@H]1O[C@H](CO[C@H]2O[C@H](CO)[C@H](O)[C@H](O)[C@H]2O)[C@H](O)[C@H](O)[C@H]1O)OC(=O)CCCCCCC[C@H]1C=CC(=O)[C@H]1C/C=C\CC. The molecule has 2 fully saturated rings. The Kier molecular flexibility index (Phi) is 26.3. The molecule has 2 aliphatic carbocycles. The van der Waals surface area contributed by atoms with Crippen molar-refractivity contribution in [3.05, 3.63) is 48.6 Å². The highest BCUT2D eigenvalue weighted by Gasteiger charge is 2.48. The summed E-state index contributed by atoms with van der Waals surface area (Å²) in [6.07, 6.45) is 12.4. The molecule has 0 radical (unpaired) electrons. The molecule has 0 spiro atoms. The molecule has 7 N–H and O–H groups in total. The van der Waals surface area contributed by atoms with Gasteiger partial charge in [-0.1, -0.05) is 102 Å². The number of aliphatic hydroxyl groups excluding tert-OH is 7. The number of ketones is 2. The van der Waals surface area contributed by atoms with Gasteiger partial charge in [0, 0.05) is 24.7 Å². The number of ether oxygens (including phenoxy) is 6. The molecular formula is C51H80O17. The molecule has 2 saturated heterocycles. The second-order valence-corrected chi connectivity index (χ2v) is 18.6. The van der Waals surface area contributed by atoms with Crippen LogP contribution < -0.4 is 0 Å². The molecule has 0 bridgehead atoms. The molecule has 0 aromatic heterocycles. The minimum atomic E-state index is -1.80. The summed E-state index contributed by atoms with van der Waals surface area (Å²) >= 11 is 0. The van der Waals surface area contributed by atoms with Gasteiger partial charge >= 0.3 is 11.9 Å². The fourth-order valence-corrected chi connectivity index (χ4v) is 9.14. The Bertz CT molecular complexity index is 1630. The van der Waals surface area contributed by atoms with Crippen molar-refractivity contribution in [3.63, 3.8) is 0 Å². The van der Waals surface area contributed by atoms with E-state index in [-0.39, 0.29) is 54.7 Å². The van der Waals surface area contributed by atoms with Gasteiger partial charge in [-0.2, -0.15) is 0 Å². The molecule has 0 amide bonds. The van der Waals surface area contributed by atoms with Gasteiger partial charge in [-0.15, -0.1) is 0 Å². The summed E-state index contributed by atoms with van der Waals surface area (Å²) in [5.41, 5.74) is 0. The molecule has 4 rings (SSSR count). The number of allylic oxidation sites excluding steroid dienone is 8. The second kappa shape index (κ2) is 31.2. The van der Waals surface area contributed by atoms with Gasteiger partial charge in [0.1, 0.15) is 55.4 Å². The normalized spacial score (nSPS) is 32.2. The number of carbonyl (C=O) groups excluding carboxylic acids is 4. The van der Waals surface area contributed by atoms with E-state index in [1.165, 1.54) is 0 Å². The fraction of sp³-hybridized carbons (Fsp3) is 0.765. The number of carbonyl (C=O) groups is 4. The van der Waals surface area contributed by atoms with Crippen molar-refractivity contribution in [1.29, 1.82) is 0 Å².